The monoisotopic (exact) mass is 511 g/mol. The second kappa shape index (κ2) is 11.4. The van der Waals surface area contributed by atoms with Crippen molar-refractivity contribution in [2.75, 3.05) is 6.54 Å². The Morgan fingerprint density at radius 2 is 1.93 bits per heavy atom. The molecule has 0 bridgehead atoms. The minimum absolute atomic E-state index is 0. The predicted molar refractivity (Wildman–Crippen MR) is 129 cm³/mol. The first-order valence-corrected chi connectivity index (χ1v) is 10.3. The molecular formula is C22H34IN5O. The van der Waals surface area contributed by atoms with Gasteiger partial charge in [-0.25, -0.2) is 4.99 Å². The van der Waals surface area contributed by atoms with Gasteiger partial charge in [0.1, 0.15) is 5.75 Å². The highest BCUT2D eigenvalue weighted by atomic mass is 127. The van der Waals surface area contributed by atoms with Crippen molar-refractivity contribution in [3.63, 3.8) is 0 Å². The van der Waals surface area contributed by atoms with E-state index in [2.05, 4.69) is 47.8 Å². The van der Waals surface area contributed by atoms with Crippen molar-refractivity contribution in [3.05, 3.63) is 46.8 Å². The van der Waals surface area contributed by atoms with Gasteiger partial charge < -0.3 is 15.4 Å². The summed E-state index contributed by atoms with van der Waals surface area (Å²) in [6.07, 6.45) is 5.21. The lowest BCUT2D eigenvalue weighted by atomic mass is 10.2. The SMILES string of the molecule is CCNC(=NCc1ccccc1OC1CCCC1)NCc1c(C)nn(C)c1C.I. The third kappa shape index (κ3) is 6.35. The molecule has 2 N–H and O–H groups in total. The van der Waals surface area contributed by atoms with E-state index in [1.54, 1.807) is 0 Å². The molecule has 0 saturated heterocycles. The molecule has 0 spiro atoms. The summed E-state index contributed by atoms with van der Waals surface area (Å²) in [7, 11) is 1.98. The number of hydrogen-bond acceptors (Lipinski definition) is 3. The number of nitrogens with one attached hydrogen (secondary N) is 2. The van der Waals surface area contributed by atoms with Gasteiger partial charge in [-0.05, 0) is 52.5 Å². The zero-order chi connectivity index (χ0) is 19.9. The molecule has 1 aliphatic carbocycles. The fraction of sp³-hybridized carbons (Fsp3) is 0.545. The minimum Gasteiger partial charge on any atom is -0.490 e. The summed E-state index contributed by atoms with van der Waals surface area (Å²) in [5.41, 5.74) is 4.58. The van der Waals surface area contributed by atoms with E-state index < -0.39 is 0 Å². The van der Waals surface area contributed by atoms with Crippen molar-refractivity contribution >= 4 is 29.9 Å². The molecule has 1 aliphatic rings. The Bertz CT molecular complexity index is 812. The Hall–Kier alpha value is -1.77. The zero-order valence-electron chi connectivity index (χ0n) is 18.0. The lowest BCUT2D eigenvalue weighted by Crippen LogP contribution is -2.37. The van der Waals surface area contributed by atoms with Gasteiger partial charge in [0.05, 0.1) is 18.3 Å². The van der Waals surface area contributed by atoms with Crippen LogP contribution in [0.5, 0.6) is 5.75 Å². The summed E-state index contributed by atoms with van der Waals surface area (Å²) >= 11 is 0. The minimum atomic E-state index is 0. The molecule has 2 aromatic rings. The van der Waals surface area contributed by atoms with Gasteiger partial charge in [0, 0.05) is 37.0 Å². The Kier molecular flexibility index (Phi) is 9.26. The van der Waals surface area contributed by atoms with Crippen LogP contribution in [-0.4, -0.2) is 28.4 Å². The number of aliphatic imine (C=N–C) groups is 1. The van der Waals surface area contributed by atoms with E-state index in [0.717, 1.165) is 42.4 Å². The van der Waals surface area contributed by atoms with E-state index in [0.29, 0.717) is 19.2 Å². The number of aryl methyl sites for hydroxylation is 2. The van der Waals surface area contributed by atoms with Crippen molar-refractivity contribution in [3.8, 4) is 5.75 Å². The number of ether oxygens (including phenoxy) is 1. The van der Waals surface area contributed by atoms with Crippen LogP contribution in [0.15, 0.2) is 29.3 Å². The Balaban J connectivity index is 0.00000300. The fourth-order valence-corrected chi connectivity index (χ4v) is 3.69. The lowest BCUT2D eigenvalue weighted by molar-refractivity contribution is 0.208. The van der Waals surface area contributed by atoms with Crippen molar-refractivity contribution in [1.82, 2.24) is 20.4 Å². The number of aromatic nitrogens is 2. The number of rotatable bonds is 7. The molecule has 6 nitrogen and oxygen atoms in total. The van der Waals surface area contributed by atoms with Crippen LogP contribution in [0.3, 0.4) is 0 Å². The third-order valence-corrected chi connectivity index (χ3v) is 5.41. The highest BCUT2D eigenvalue weighted by molar-refractivity contribution is 14.0. The van der Waals surface area contributed by atoms with Gasteiger partial charge in [-0.3, -0.25) is 4.68 Å². The van der Waals surface area contributed by atoms with Crippen LogP contribution in [0.25, 0.3) is 0 Å². The van der Waals surface area contributed by atoms with E-state index in [1.165, 1.54) is 24.1 Å². The first-order valence-electron chi connectivity index (χ1n) is 10.3. The van der Waals surface area contributed by atoms with E-state index in [4.69, 9.17) is 9.73 Å². The van der Waals surface area contributed by atoms with Gasteiger partial charge in [-0.2, -0.15) is 5.10 Å². The van der Waals surface area contributed by atoms with Gasteiger partial charge in [-0.1, -0.05) is 18.2 Å². The average Bonchev–Trinajstić information content (AvgIpc) is 3.27. The van der Waals surface area contributed by atoms with Crippen LogP contribution in [0.1, 0.15) is 55.1 Å². The molecule has 0 unspecified atom stereocenters. The van der Waals surface area contributed by atoms with Crippen molar-refractivity contribution in [2.24, 2.45) is 12.0 Å². The molecule has 3 rings (SSSR count). The van der Waals surface area contributed by atoms with Crippen molar-refractivity contribution in [2.45, 2.75) is 65.6 Å². The molecule has 1 heterocycles. The van der Waals surface area contributed by atoms with Crippen LogP contribution in [0.4, 0.5) is 0 Å². The summed E-state index contributed by atoms with van der Waals surface area (Å²) in [5, 5.41) is 11.3. The standard InChI is InChI=1S/C22H33N5O.HI/c1-5-23-22(25-15-20-16(2)26-27(4)17(20)3)24-14-18-10-6-9-13-21(18)28-19-11-7-8-12-19;/h6,9-10,13,19H,5,7-8,11-12,14-15H2,1-4H3,(H2,23,24,25);1H. The van der Waals surface area contributed by atoms with Gasteiger partial charge in [0.15, 0.2) is 5.96 Å². The Labute approximate surface area is 191 Å². The maximum atomic E-state index is 6.24. The molecule has 0 atom stereocenters. The molecule has 1 aromatic heterocycles. The van der Waals surface area contributed by atoms with Crippen LogP contribution in [0.2, 0.25) is 0 Å². The van der Waals surface area contributed by atoms with E-state index >= 15 is 0 Å². The number of para-hydroxylation sites is 1. The normalized spacial score (nSPS) is 14.6. The van der Waals surface area contributed by atoms with Gasteiger partial charge >= 0.3 is 0 Å². The summed E-state index contributed by atoms with van der Waals surface area (Å²) in [5.74, 6) is 1.77. The largest absolute Gasteiger partial charge is 0.490 e. The lowest BCUT2D eigenvalue weighted by Gasteiger charge is -2.16. The Morgan fingerprint density at radius 3 is 2.59 bits per heavy atom. The number of benzene rings is 1. The molecule has 0 amide bonds. The second-order valence-electron chi connectivity index (χ2n) is 7.45. The molecule has 29 heavy (non-hydrogen) atoms. The van der Waals surface area contributed by atoms with E-state index in [1.807, 2.05) is 24.7 Å². The van der Waals surface area contributed by atoms with Crippen LogP contribution < -0.4 is 15.4 Å². The smallest absolute Gasteiger partial charge is 0.191 e. The van der Waals surface area contributed by atoms with Crippen LogP contribution in [-0.2, 0) is 20.1 Å². The third-order valence-electron chi connectivity index (χ3n) is 5.41. The number of nitrogens with zero attached hydrogens (tertiary/aromatic N) is 3. The second-order valence-corrected chi connectivity index (χ2v) is 7.45. The number of guanidine groups is 1. The number of hydrogen-bond donors (Lipinski definition) is 2. The van der Waals surface area contributed by atoms with Gasteiger partial charge in [0.2, 0.25) is 0 Å². The first kappa shape index (κ1) is 23.5. The average molecular weight is 511 g/mol. The predicted octanol–water partition coefficient (Wildman–Crippen LogP) is 4.23. The Morgan fingerprint density at radius 1 is 1.21 bits per heavy atom. The highest BCUT2D eigenvalue weighted by Crippen LogP contribution is 2.27. The number of halogens is 1. The molecule has 1 aromatic carbocycles. The molecule has 7 heteroatoms. The van der Waals surface area contributed by atoms with E-state index in [-0.39, 0.29) is 24.0 Å². The molecule has 0 aliphatic heterocycles. The fourth-order valence-electron chi connectivity index (χ4n) is 3.69. The maximum absolute atomic E-state index is 6.24. The van der Waals surface area contributed by atoms with E-state index in [9.17, 15) is 0 Å². The van der Waals surface area contributed by atoms with Crippen LogP contribution in [0, 0.1) is 13.8 Å². The zero-order valence-corrected chi connectivity index (χ0v) is 20.3. The first-order chi connectivity index (χ1) is 13.6. The van der Waals surface area contributed by atoms with Gasteiger partial charge in [0.25, 0.3) is 0 Å². The highest BCUT2D eigenvalue weighted by Gasteiger charge is 2.17. The maximum Gasteiger partial charge on any atom is 0.191 e. The topological polar surface area (TPSA) is 63.5 Å². The quantitative estimate of drug-likeness (QED) is 0.332. The van der Waals surface area contributed by atoms with Crippen LogP contribution >= 0.6 is 24.0 Å². The van der Waals surface area contributed by atoms with Crippen molar-refractivity contribution in [1.29, 1.82) is 0 Å². The molecule has 160 valence electrons. The van der Waals surface area contributed by atoms with Crippen molar-refractivity contribution < 1.29 is 4.74 Å². The molecular weight excluding hydrogens is 477 g/mol. The summed E-state index contributed by atoms with van der Waals surface area (Å²) in [6.45, 7) is 8.33. The summed E-state index contributed by atoms with van der Waals surface area (Å²) in [4.78, 5) is 4.79. The van der Waals surface area contributed by atoms with Gasteiger partial charge in [-0.15, -0.1) is 24.0 Å². The summed E-state index contributed by atoms with van der Waals surface area (Å²) < 4.78 is 8.16. The molecule has 1 saturated carbocycles. The molecule has 1 fully saturated rings. The molecule has 0 radical (unpaired) electrons. The summed E-state index contributed by atoms with van der Waals surface area (Å²) in [6, 6.07) is 8.25.